The van der Waals surface area contributed by atoms with Crippen molar-refractivity contribution in [3.05, 3.63) is 21.9 Å². The van der Waals surface area contributed by atoms with Crippen LogP contribution < -0.4 is 10.6 Å². The highest BCUT2D eigenvalue weighted by atomic mass is 32.1. The molecule has 0 aliphatic heterocycles. The van der Waals surface area contributed by atoms with Crippen LogP contribution in [0.25, 0.3) is 0 Å². The number of rotatable bonds is 7. The number of hydrogen-bond acceptors (Lipinski definition) is 3. The van der Waals surface area contributed by atoms with E-state index < -0.39 is 0 Å². The second kappa shape index (κ2) is 9.05. The van der Waals surface area contributed by atoms with Gasteiger partial charge < -0.3 is 10.6 Å². The molecule has 0 fully saturated rings. The van der Waals surface area contributed by atoms with Gasteiger partial charge in [0.15, 0.2) is 5.96 Å². The van der Waals surface area contributed by atoms with Gasteiger partial charge in [-0.05, 0) is 51.6 Å². The second-order valence-electron chi connectivity index (χ2n) is 5.80. The Bertz CT molecular complexity index is 429. The van der Waals surface area contributed by atoms with Gasteiger partial charge in [-0.25, -0.2) is 0 Å². The van der Waals surface area contributed by atoms with Gasteiger partial charge >= 0.3 is 0 Å². The molecule has 0 saturated heterocycles. The predicted molar refractivity (Wildman–Crippen MR) is 94.2 cm³/mol. The van der Waals surface area contributed by atoms with Crippen molar-refractivity contribution >= 4 is 17.3 Å². The molecule has 0 saturated carbocycles. The third-order valence-electron chi connectivity index (χ3n) is 3.60. The Morgan fingerprint density at radius 2 is 1.90 bits per heavy atom. The molecule has 120 valence electrons. The Kier molecular flexibility index (Phi) is 7.75. The first-order chi connectivity index (χ1) is 9.95. The van der Waals surface area contributed by atoms with Crippen molar-refractivity contribution < 1.29 is 0 Å². The summed E-state index contributed by atoms with van der Waals surface area (Å²) in [6.07, 6.45) is 0. The molecule has 0 atom stereocenters. The normalized spacial score (nSPS) is 12.5. The van der Waals surface area contributed by atoms with Crippen LogP contribution in [-0.2, 0) is 6.54 Å². The lowest BCUT2D eigenvalue weighted by molar-refractivity contribution is 0.178. The van der Waals surface area contributed by atoms with E-state index in [4.69, 9.17) is 0 Å². The summed E-state index contributed by atoms with van der Waals surface area (Å²) >= 11 is 1.79. The number of hydrogen-bond donors (Lipinski definition) is 2. The van der Waals surface area contributed by atoms with Gasteiger partial charge in [0.05, 0.1) is 6.54 Å². The van der Waals surface area contributed by atoms with Gasteiger partial charge in [-0.3, -0.25) is 9.89 Å². The molecule has 0 radical (unpaired) electrons. The van der Waals surface area contributed by atoms with Gasteiger partial charge in [0.25, 0.3) is 0 Å². The van der Waals surface area contributed by atoms with Crippen LogP contribution in [0.3, 0.4) is 0 Å². The van der Waals surface area contributed by atoms with Crippen molar-refractivity contribution in [2.24, 2.45) is 4.99 Å². The van der Waals surface area contributed by atoms with E-state index in [1.807, 2.05) is 7.05 Å². The summed E-state index contributed by atoms with van der Waals surface area (Å²) in [6.45, 7) is 13.9. The van der Waals surface area contributed by atoms with Crippen LogP contribution >= 0.6 is 11.3 Å². The van der Waals surface area contributed by atoms with E-state index in [0.717, 1.165) is 25.6 Å². The molecule has 0 aliphatic rings. The average Bonchev–Trinajstić information content (AvgIpc) is 2.82. The molecule has 1 aromatic rings. The van der Waals surface area contributed by atoms with Crippen LogP contribution in [0, 0.1) is 6.92 Å². The zero-order valence-electron chi connectivity index (χ0n) is 14.2. The van der Waals surface area contributed by atoms with Crippen LogP contribution in [0.4, 0.5) is 0 Å². The van der Waals surface area contributed by atoms with Crippen LogP contribution in [0.2, 0.25) is 0 Å². The topological polar surface area (TPSA) is 39.7 Å². The molecule has 0 amide bonds. The maximum absolute atomic E-state index is 4.28. The molecule has 0 aliphatic carbocycles. The van der Waals surface area contributed by atoms with Gasteiger partial charge in [0.1, 0.15) is 0 Å². The Hall–Kier alpha value is -1.07. The highest BCUT2D eigenvalue weighted by Crippen LogP contribution is 2.14. The van der Waals surface area contributed by atoms with Crippen molar-refractivity contribution in [1.29, 1.82) is 0 Å². The minimum absolute atomic E-state index is 0.565. The molecular formula is C16H30N4S. The molecule has 1 aromatic heterocycles. The Morgan fingerprint density at radius 3 is 2.38 bits per heavy atom. The Balaban J connectivity index is 2.36. The molecule has 0 aromatic carbocycles. The Morgan fingerprint density at radius 1 is 1.24 bits per heavy atom. The fraction of sp³-hybridized carbons (Fsp3) is 0.688. The van der Waals surface area contributed by atoms with Crippen molar-refractivity contribution in [3.63, 3.8) is 0 Å². The molecule has 1 heterocycles. The van der Waals surface area contributed by atoms with E-state index in [1.54, 1.807) is 11.3 Å². The second-order valence-corrected chi connectivity index (χ2v) is 6.81. The summed E-state index contributed by atoms with van der Waals surface area (Å²) in [6, 6.07) is 3.28. The number of thiophene rings is 1. The van der Waals surface area contributed by atoms with Gasteiger partial charge in [0, 0.05) is 37.1 Å². The average molecular weight is 311 g/mol. The summed E-state index contributed by atoms with van der Waals surface area (Å²) in [5.41, 5.74) is 1.34. The number of nitrogens with zero attached hydrogens (tertiary/aromatic N) is 2. The maximum Gasteiger partial charge on any atom is 0.191 e. The quantitative estimate of drug-likeness (QED) is 0.601. The Labute approximate surface area is 133 Å². The lowest BCUT2D eigenvalue weighted by Gasteiger charge is -2.30. The molecular weight excluding hydrogens is 280 g/mol. The van der Waals surface area contributed by atoms with Crippen molar-refractivity contribution in [2.75, 3.05) is 20.1 Å². The lowest BCUT2D eigenvalue weighted by Crippen LogP contribution is -2.45. The SMILES string of the molecule is CN=C(NCCN(C(C)C)C(C)C)NCc1sccc1C. The molecule has 0 spiro atoms. The number of aliphatic imine (C=N–C) groups is 1. The number of guanidine groups is 1. The van der Waals surface area contributed by atoms with Gasteiger partial charge in [-0.15, -0.1) is 11.3 Å². The van der Waals surface area contributed by atoms with Crippen LogP contribution in [0.5, 0.6) is 0 Å². The standard InChI is InChI=1S/C16H30N4S/c1-12(2)20(13(3)4)9-8-18-16(17-6)19-11-15-14(5)7-10-21-15/h7,10,12-13H,8-9,11H2,1-6H3,(H2,17,18,19). The molecule has 0 bridgehead atoms. The van der Waals surface area contributed by atoms with E-state index in [1.165, 1.54) is 10.4 Å². The zero-order chi connectivity index (χ0) is 15.8. The fourth-order valence-corrected chi connectivity index (χ4v) is 3.23. The zero-order valence-corrected chi connectivity index (χ0v) is 15.0. The van der Waals surface area contributed by atoms with Gasteiger partial charge in [0.2, 0.25) is 0 Å². The summed E-state index contributed by atoms with van der Waals surface area (Å²) in [7, 11) is 1.82. The van der Waals surface area contributed by atoms with Crippen molar-refractivity contribution in [1.82, 2.24) is 15.5 Å². The van der Waals surface area contributed by atoms with E-state index in [-0.39, 0.29) is 0 Å². The minimum Gasteiger partial charge on any atom is -0.355 e. The highest BCUT2D eigenvalue weighted by molar-refractivity contribution is 7.10. The summed E-state index contributed by atoms with van der Waals surface area (Å²) in [5.74, 6) is 0.871. The van der Waals surface area contributed by atoms with Crippen LogP contribution in [-0.4, -0.2) is 43.1 Å². The van der Waals surface area contributed by atoms with Crippen molar-refractivity contribution in [2.45, 2.75) is 53.2 Å². The first-order valence-corrected chi connectivity index (χ1v) is 8.56. The van der Waals surface area contributed by atoms with E-state index in [2.05, 4.69) is 66.6 Å². The highest BCUT2D eigenvalue weighted by Gasteiger charge is 2.12. The summed E-state index contributed by atoms with van der Waals surface area (Å²) in [5, 5.41) is 8.90. The minimum atomic E-state index is 0.565. The van der Waals surface area contributed by atoms with Gasteiger partial charge in [-0.1, -0.05) is 0 Å². The number of aryl methyl sites for hydroxylation is 1. The molecule has 4 nitrogen and oxygen atoms in total. The first kappa shape index (κ1) is 18.0. The smallest absolute Gasteiger partial charge is 0.191 e. The van der Waals surface area contributed by atoms with E-state index >= 15 is 0 Å². The van der Waals surface area contributed by atoms with Crippen molar-refractivity contribution in [3.8, 4) is 0 Å². The number of nitrogens with one attached hydrogen (secondary N) is 2. The summed E-state index contributed by atoms with van der Waals surface area (Å²) in [4.78, 5) is 8.12. The largest absolute Gasteiger partial charge is 0.355 e. The van der Waals surface area contributed by atoms with Crippen LogP contribution in [0.15, 0.2) is 16.4 Å². The van der Waals surface area contributed by atoms with Crippen LogP contribution in [0.1, 0.15) is 38.1 Å². The first-order valence-electron chi connectivity index (χ1n) is 7.69. The fourth-order valence-electron chi connectivity index (χ4n) is 2.39. The molecule has 2 N–H and O–H groups in total. The lowest BCUT2D eigenvalue weighted by atomic mass is 10.2. The maximum atomic E-state index is 4.28. The predicted octanol–water partition coefficient (Wildman–Crippen LogP) is 2.84. The molecule has 21 heavy (non-hydrogen) atoms. The van der Waals surface area contributed by atoms with Gasteiger partial charge in [-0.2, -0.15) is 0 Å². The summed E-state index contributed by atoms with van der Waals surface area (Å²) < 4.78 is 0. The van der Waals surface area contributed by atoms with E-state index in [0.29, 0.717) is 12.1 Å². The third-order valence-corrected chi connectivity index (χ3v) is 4.62. The molecule has 1 rings (SSSR count). The monoisotopic (exact) mass is 310 g/mol. The molecule has 0 unspecified atom stereocenters. The van der Waals surface area contributed by atoms with E-state index in [9.17, 15) is 0 Å². The third kappa shape index (κ3) is 6.06. The molecule has 5 heteroatoms.